The maximum atomic E-state index is 12.4. The van der Waals surface area contributed by atoms with Crippen LogP contribution < -0.4 is 10.6 Å². The number of nitrogens with two attached hydrogens (primary N) is 1. The van der Waals surface area contributed by atoms with Crippen molar-refractivity contribution in [1.82, 2.24) is 4.37 Å². The average molecular weight is 305 g/mol. The van der Waals surface area contributed by atoms with Gasteiger partial charge in [-0.05, 0) is 36.2 Å². The van der Waals surface area contributed by atoms with Gasteiger partial charge in [0.15, 0.2) is 0 Å². The van der Waals surface area contributed by atoms with E-state index in [4.69, 9.17) is 5.73 Å². The van der Waals surface area contributed by atoms with E-state index in [1.807, 2.05) is 0 Å². The number of carboxylic acid groups (broad SMARTS) is 1. The largest absolute Gasteiger partial charge is 0.478 e. The van der Waals surface area contributed by atoms with Crippen molar-refractivity contribution in [2.24, 2.45) is 5.73 Å². The number of hydrogen-bond acceptors (Lipinski definition) is 5. The van der Waals surface area contributed by atoms with Crippen LogP contribution in [0.25, 0.3) is 0 Å². The van der Waals surface area contributed by atoms with E-state index in [0.29, 0.717) is 22.8 Å². The van der Waals surface area contributed by atoms with Crippen LogP contribution in [0.15, 0.2) is 24.3 Å². The third kappa shape index (κ3) is 2.93. The van der Waals surface area contributed by atoms with E-state index in [1.54, 1.807) is 38.2 Å². The highest BCUT2D eigenvalue weighted by Crippen LogP contribution is 2.28. The van der Waals surface area contributed by atoms with Crippen LogP contribution in [-0.2, 0) is 6.54 Å². The number of carbonyl (C=O) groups excluding carboxylic acids is 1. The third-order valence-corrected chi connectivity index (χ3v) is 4.12. The predicted molar refractivity (Wildman–Crippen MR) is 80.9 cm³/mol. The molecule has 0 saturated carbocycles. The van der Waals surface area contributed by atoms with Gasteiger partial charge in [0.1, 0.15) is 10.6 Å². The topological polar surface area (TPSA) is 96.5 Å². The first-order valence-electron chi connectivity index (χ1n) is 6.22. The van der Waals surface area contributed by atoms with Crippen LogP contribution in [0.3, 0.4) is 0 Å². The van der Waals surface area contributed by atoms with Crippen molar-refractivity contribution >= 4 is 28.4 Å². The van der Waals surface area contributed by atoms with Crippen LogP contribution in [-0.4, -0.2) is 28.4 Å². The van der Waals surface area contributed by atoms with Gasteiger partial charge in [-0.1, -0.05) is 12.1 Å². The molecule has 0 bridgehead atoms. The van der Waals surface area contributed by atoms with Gasteiger partial charge in [-0.15, -0.1) is 0 Å². The van der Waals surface area contributed by atoms with E-state index in [1.165, 1.54) is 4.90 Å². The average Bonchev–Trinajstić information content (AvgIpc) is 2.87. The van der Waals surface area contributed by atoms with Gasteiger partial charge in [0.25, 0.3) is 5.91 Å². The molecule has 0 aliphatic rings. The second-order valence-electron chi connectivity index (χ2n) is 4.52. The zero-order chi connectivity index (χ0) is 15.6. The number of carbonyl (C=O) groups is 2. The lowest BCUT2D eigenvalue weighted by Crippen LogP contribution is -2.27. The number of aromatic nitrogens is 1. The lowest BCUT2D eigenvalue weighted by atomic mass is 10.1. The summed E-state index contributed by atoms with van der Waals surface area (Å²) < 4.78 is 4.01. The molecule has 110 valence electrons. The second kappa shape index (κ2) is 6.02. The van der Waals surface area contributed by atoms with Gasteiger partial charge in [0.05, 0.1) is 5.69 Å². The summed E-state index contributed by atoms with van der Waals surface area (Å²) in [5, 5.41) is 9.55. The van der Waals surface area contributed by atoms with Crippen LogP contribution in [0.2, 0.25) is 0 Å². The summed E-state index contributed by atoms with van der Waals surface area (Å²) in [7, 11) is 1.54. The van der Waals surface area contributed by atoms with Gasteiger partial charge in [0, 0.05) is 19.2 Å². The van der Waals surface area contributed by atoms with E-state index < -0.39 is 5.97 Å². The molecule has 0 fully saturated rings. The summed E-state index contributed by atoms with van der Waals surface area (Å²) in [4.78, 5) is 25.0. The Kier molecular flexibility index (Phi) is 4.35. The third-order valence-electron chi connectivity index (χ3n) is 3.10. The summed E-state index contributed by atoms with van der Waals surface area (Å²) in [5.74, 6) is -1.38. The molecule has 6 nitrogen and oxygen atoms in total. The molecule has 0 atom stereocenters. The molecule has 7 heteroatoms. The van der Waals surface area contributed by atoms with Crippen molar-refractivity contribution in [2.75, 3.05) is 11.9 Å². The molecular formula is C14H15N3O3S. The van der Waals surface area contributed by atoms with Crippen LogP contribution >= 0.6 is 11.5 Å². The predicted octanol–water partition coefficient (Wildman–Crippen LogP) is 1.89. The number of carboxylic acids is 1. The molecule has 0 aliphatic heterocycles. The summed E-state index contributed by atoms with van der Waals surface area (Å²) in [6.07, 6.45) is 0. The summed E-state index contributed by atoms with van der Waals surface area (Å²) in [6.45, 7) is 2.01. The van der Waals surface area contributed by atoms with Crippen LogP contribution in [0.4, 0.5) is 5.00 Å². The van der Waals surface area contributed by atoms with Gasteiger partial charge < -0.3 is 15.7 Å². The Hall–Kier alpha value is -2.25. The van der Waals surface area contributed by atoms with Gasteiger partial charge in [-0.3, -0.25) is 4.79 Å². The molecule has 1 aromatic heterocycles. The van der Waals surface area contributed by atoms with E-state index in [9.17, 15) is 14.7 Å². The molecule has 2 aromatic rings. The van der Waals surface area contributed by atoms with Gasteiger partial charge in [-0.2, -0.15) is 4.37 Å². The van der Waals surface area contributed by atoms with Gasteiger partial charge in [-0.25, -0.2) is 4.79 Å². The maximum absolute atomic E-state index is 12.4. The molecule has 1 aromatic carbocycles. The molecule has 2 rings (SSSR count). The number of aromatic carboxylic acids is 1. The maximum Gasteiger partial charge on any atom is 0.340 e. The Morgan fingerprint density at radius 2 is 1.95 bits per heavy atom. The molecule has 1 heterocycles. The fourth-order valence-corrected chi connectivity index (χ4v) is 2.75. The molecule has 21 heavy (non-hydrogen) atoms. The Bertz CT molecular complexity index is 679. The summed E-state index contributed by atoms with van der Waals surface area (Å²) >= 11 is 0.998. The molecule has 0 radical (unpaired) electrons. The van der Waals surface area contributed by atoms with Gasteiger partial charge >= 0.3 is 5.97 Å². The Morgan fingerprint density at radius 1 is 1.33 bits per heavy atom. The minimum absolute atomic E-state index is 0.0643. The van der Waals surface area contributed by atoms with Crippen molar-refractivity contribution in [2.45, 2.75) is 13.5 Å². The number of amides is 1. The fraction of sp³-hybridized carbons (Fsp3) is 0.214. The molecule has 0 saturated heterocycles. The highest BCUT2D eigenvalue weighted by molar-refractivity contribution is 7.11. The van der Waals surface area contributed by atoms with Crippen molar-refractivity contribution in [3.05, 3.63) is 46.6 Å². The summed E-state index contributed by atoms with van der Waals surface area (Å²) in [5.41, 5.74) is 7.38. The van der Waals surface area contributed by atoms with E-state index in [2.05, 4.69) is 4.37 Å². The lowest BCUT2D eigenvalue weighted by molar-refractivity contribution is 0.0697. The Morgan fingerprint density at radius 3 is 2.48 bits per heavy atom. The SMILES string of the molecule is Cc1nsc(N(C)C(=O)c2ccc(CN)cc2)c1C(=O)O. The minimum atomic E-state index is -1.09. The zero-order valence-electron chi connectivity index (χ0n) is 11.7. The van der Waals surface area contributed by atoms with E-state index >= 15 is 0 Å². The first-order chi connectivity index (χ1) is 9.95. The molecular weight excluding hydrogens is 290 g/mol. The van der Waals surface area contributed by atoms with Crippen LogP contribution in [0.1, 0.15) is 32.0 Å². The lowest BCUT2D eigenvalue weighted by Gasteiger charge is -2.16. The summed E-state index contributed by atoms with van der Waals surface area (Å²) in [6, 6.07) is 6.90. The van der Waals surface area contributed by atoms with E-state index in [0.717, 1.165) is 17.1 Å². The standard InChI is InChI=1S/C14H15N3O3S/c1-8-11(14(19)20)13(21-16-8)17(2)12(18)10-5-3-9(7-15)4-6-10/h3-6H,7,15H2,1-2H3,(H,19,20). The van der Waals surface area contributed by atoms with Crippen molar-refractivity contribution in [3.63, 3.8) is 0 Å². The molecule has 0 aliphatic carbocycles. The number of rotatable bonds is 4. The first-order valence-corrected chi connectivity index (χ1v) is 6.99. The highest BCUT2D eigenvalue weighted by atomic mass is 32.1. The highest BCUT2D eigenvalue weighted by Gasteiger charge is 2.24. The molecule has 3 N–H and O–H groups in total. The first kappa shape index (κ1) is 15.1. The van der Waals surface area contributed by atoms with Crippen LogP contribution in [0, 0.1) is 6.92 Å². The normalized spacial score (nSPS) is 10.4. The van der Waals surface area contributed by atoms with Gasteiger partial charge in [0.2, 0.25) is 0 Å². The zero-order valence-corrected chi connectivity index (χ0v) is 12.5. The Labute approximate surface area is 126 Å². The number of hydrogen-bond donors (Lipinski definition) is 2. The van der Waals surface area contributed by atoms with Crippen molar-refractivity contribution in [1.29, 1.82) is 0 Å². The number of anilines is 1. The quantitative estimate of drug-likeness (QED) is 0.899. The Balaban J connectivity index is 2.32. The molecule has 1 amide bonds. The molecule has 0 unspecified atom stereocenters. The van der Waals surface area contributed by atoms with Crippen LogP contribution in [0.5, 0.6) is 0 Å². The monoisotopic (exact) mass is 305 g/mol. The minimum Gasteiger partial charge on any atom is -0.478 e. The number of nitrogens with zero attached hydrogens (tertiary/aromatic N) is 2. The fourth-order valence-electron chi connectivity index (χ4n) is 1.90. The smallest absolute Gasteiger partial charge is 0.340 e. The number of aryl methyl sites for hydroxylation is 1. The van der Waals surface area contributed by atoms with E-state index in [-0.39, 0.29) is 11.5 Å². The second-order valence-corrected chi connectivity index (χ2v) is 5.27. The van der Waals surface area contributed by atoms with Crippen molar-refractivity contribution in [3.8, 4) is 0 Å². The number of benzene rings is 1. The van der Waals surface area contributed by atoms with Crippen molar-refractivity contribution < 1.29 is 14.7 Å². The molecule has 0 spiro atoms.